The molecule has 1 aliphatic rings. The van der Waals surface area contributed by atoms with Gasteiger partial charge in [0.05, 0.1) is 21.4 Å². The summed E-state index contributed by atoms with van der Waals surface area (Å²) < 4.78 is 5.24. The van der Waals surface area contributed by atoms with Crippen molar-refractivity contribution in [3.63, 3.8) is 0 Å². The first-order valence-corrected chi connectivity index (χ1v) is 14.6. The van der Waals surface area contributed by atoms with Gasteiger partial charge in [0, 0.05) is 31.6 Å². The summed E-state index contributed by atoms with van der Waals surface area (Å²) >= 11 is 1.91. The zero-order valence-corrected chi connectivity index (χ0v) is 22.3. The van der Waals surface area contributed by atoms with Crippen molar-refractivity contribution in [2.75, 3.05) is 0 Å². The van der Waals surface area contributed by atoms with E-state index < -0.39 is 0 Å². The van der Waals surface area contributed by atoms with Crippen LogP contribution in [-0.4, -0.2) is 4.57 Å². The van der Waals surface area contributed by atoms with Crippen LogP contribution < -0.4 is 0 Å². The number of fused-ring (bicyclic) bond motifs is 12. The SMILES string of the molecule is c1ccc2c(c1)-c1cccc3c(-n4c5ccc6ccccc6c5c5ccc6c7ccccc7sc6c54)ccc-2c13. The smallest absolute Gasteiger partial charge is 0.0720 e. The second-order valence-corrected chi connectivity index (χ2v) is 11.9. The van der Waals surface area contributed by atoms with Crippen molar-refractivity contribution < 1.29 is 0 Å². The van der Waals surface area contributed by atoms with Gasteiger partial charge in [-0.05, 0) is 56.6 Å². The van der Waals surface area contributed by atoms with Crippen LogP contribution in [0, 0.1) is 0 Å². The second kappa shape index (κ2) is 7.38. The number of nitrogens with zero attached hydrogens (tertiary/aromatic N) is 1. The molecule has 0 N–H and O–H groups in total. The Labute approximate surface area is 234 Å². The molecule has 1 nitrogen and oxygen atoms in total. The predicted molar refractivity (Wildman–Crippen MR) is 173 cm³/mol. The topological polar surface area (TPSA) is 4.93 Å². The molecule has 1 aliphatic carbocycles. The van der Waals surface area contributed by atoms with Crippen LogP contribution in [0.5, 0.6) is 0 Å². The van der Waals surface area contributed by atoms with Crippen molar-refractivity contribution in [2.45, 2.75) is 0 Å². The lowest BCUT2D eigenvalue weighted by molar-refractivity contribution is 1.21. The monoisotopic (exact) mass is 523 g/mol. The molecule has 184 valence electrons. The first-order valence-electron chi connectivity index (χ1n) is 13.8. The summed E-state index contributed by atoms with van der Waals surface area (Å²) in [7, 11) is 0. The van der Waals surface area contributed by atoms with Crippen LogP contribution >= 0.6 is 11.3 Å². The predicted octanol–water partition coefficient (Wildman–Crippen LogP) is 11.1. The van der Waals surface area contributed by atoms with Gasteiger partial charge in [0.15, 0.2) is 0 Å². The van der Waals surface area contributed by atoms with E-state index in [2.05, 4.69) is 132 Å². The maximum atomic E-state index is 2.56. The lowest BCUT2D eigenvalue weighted by Crippen LogP contribution is -1.96. The number of rotatable bonds is 1. The van der Waals surface area contributed by atoms with Crippen molar-refractivity contribution in [2.24, 2.45) is 0 Å². The Morgan fingerprint density at radius 1 is 0.425 bits per heavy atom. The fourth-order valence-electron chi connectivity index (χ4n) is 7.29. The summed E-state index contributed by atoms with van der Waals surface area (Å²) in [6.45, 7) is 0. The van der Waals surface area contributed by atoms with Gasteiger partial charge >= 0.3 is 0 Å². The molecular weight excluding hydrogens is 502 g/mol. The van der Waals surface area contributed by atoms with Crippen molar-refractivity contribution in [1.82, 2.24) is 4.57 Å². The largest absolute Gasteiger partial charge is 0.307 e. The molecular formula is C38H21NS. The maximum Gasteiger partial charge on any atom is 0.0720 e. The fraction of sp³-hybridized carbons (Fsp3) is 0. The molecule has 2 heterocycles. The minimum atomic E-state index is 1.24. The van der Waals surface area contributed by atoms with Crippen molar-refractivity contribution in [1.29, 1.82) is 0 Å². The zero-order chi connectivity index (χ0) is 25.9. The molecule has 0 aliphatic heterocycles. The molecule has 0 spiro atoms. The van der Waals surface area contributed by atoms with Gasteiger partial charge in [-0.2, -0.15) is 0 Å². The number of thiophene rings is 1. The summed E-state index contributed by atoms with van der Waals surface area (Å²) in [5.74, 6) is 0. The van der Waals surface area contributed by atoms with Gasteiger partial charge in [-0.3, -0.25) is 0 Å². The van der Waals surface area contributed by atoms with E-state index in [1.807, 2.05) is 11.3 Å². The Morgan fingerprint density at radius 3 is 2.02 bits per heavy atom. The Morgan fingerprint density at radius 2 is 1.12 bits per heavy atom. The van der Waals surface area contributed by atoms with Gasteiger partial charge in [-0.15, -0.1) is 11.3 Å². The van der Waals surface area contributed by atoms with E-state index in [0.717, 1.165) is 0 Å². The molecule has 0 fully saturated rings. The summed E-state index contributed by atoms with van der Waals surface area (Å²) in [5.41, 5.74) is 9.15. The van der Waals surface area contributed by atoms with Gasteiger partial charge in [0.1, 0.15) is 0 Å². The van der Waals surface area contributed by atoms with Crippen LogP contribution in [0.3, 0.4) is 0 Å². The molecule has 0 unspecified atom stereocenters. The minimum absolute atomic E-state index is 1.24. The number of benzene rings is 7. The molecule has 0 amide bonds. The first-order chi connectivity index (χ1) is 19.9. The second-order valence-electron chi connectivity index (χ2n) is 10.9. The number of hydrogen-bond acceptors (Lipinski definition) is 1. The van der Waals surface area contributed by atoms with Crippen LogP contribution in [0.15, 0.2) is 127 Å². The van der Waals surface area contributed by atoms with Crippen molar-refractivity contribution >= 4 is 74.9 Å². The molecule has 0 atom stereocenters. The normalized spacial score (nSPS) is 12.5. The van der Waals surface area contributed by atoms with E-state index in [9.17, 15) is 0 Å². The fourth-order valence-corrected chi connectivity index (χ4v) is 8.53. The third-order valence-corrected chi connectivity index (χ3v) is 10.1. The van der Waals surface area contributed by atoms with E-state index in [-0.39, 0.29) is 0 Å². The highest BCUT2D eigenvalue weighted by molar-refractivity contribution is 7.26. The zero-order valence-electron chi connectivity index (χ0n) is 21.5. The summed E-state index contributed by atoms with van der Waals surface area (Å²) in [4.78, 5) is 0. The quantitative estimate of drug-likeness (QED) is 0.202. The van der Waals surface area contributed by atoms with E-state index in [1.54, 1.807) is 0 Å². The maximum absolute atomic E-state index is 2.56. The molecule has 0 radical (unpaired) electrons. The highest BCUT2D eigenvalue weighted by atomic mass is 32.1. The van der Waals surface area contributed by atoms with E-state index >= 15 is 0 Å². The summed E-state index contributed by atoms with van der Waals surface area (Å²) in [6, 6.07) is 47.3. The average Bonchev–Trinajstić information content (AvgIpc) is 3.67. The van der Waals surface area contributed by atoms with Crippen LogP contribution in [0.4, 0.5) is 0 Å². The standard InChI is InChI=1S/C38H21NS/c1-2-9-23-22(8-1)16-20-33-36(23)31-18-17-29-26-12-5-6-15-34(26)40-38(29)37(31)39(33)32-21-19-28-25-11-4-3-10-24(25)27-13-7-14-30(32)35(27)28/h1-21H. The Hall–Kier alpha value is -4.92. The van der Waals surface area contributed by atoms with Gasteiger partial charge in [0.2, 0.25) is 0 Å². The van der Waals surface area contributed by atoms with Gasteiger partial charge in [0.25, 0.3) is 0 Å². The molecule has 2 heteroatoms. The number of hydrogen-bond donors (Lipinski definition) is 0. The van der Waals surface area contributed by atoms with E-state index in [4.69, 9.17) is 0 Å². The van der Waals surface area contributed by atoms with Gasteiger partial charge in [-0.1, -0.05) is 109 Å². The highest BCUT2D eigenvalue weighted by Crippen LogP contribution is 2.50. The molecule has 7 aromatic carbocycles. The van der Waals surface area contributed by atoms with Crippen LogP contribution in [-0.2, 0) is 0 Å². The lowest BCUT2D eigenvalue weighted by Gasteiger charge is -2.14. The molecule has 40 heavy (non-hydrogen) atoms. The Balaban J connectivity index is 1.45. The lowest BCUT2D eigenvalue weighted by atomic mass is 10.0. The highest BCUT2D eigenvalue weighted by Gasteiger charge is 2.25. The third kappa shape index (κ3) is 2.48. The third-order valence-electron chi connectivity index (χ3n) is 8.93. The van der Waals surface area contributed by atoms with Crippen molar-refractivity contribution in [3.8, 4) is 27.9 Å². The molecule has 10 rings (SSSR count). The molecule has 0 saturated carbocycles. The van der Waals surface area contributed by atoms with Gasteiger partial charge in [-0.25, -0.2) is 0 Å². The van der Waals surface area contributed by atoms with Crippen LogP contribution in [0.25, 0.3) is 91.5 Å². The van der Waals surface area contributed by atoms with Crippen LogP contribution in [0.1, 0.15) is 0 Å². The summed E-state index contributed by atoms with van der Waals surface area (Å²) in [6.07, 6.45) is 0. The Bertz CT molecular complexity index is 2510. The molecule has 0 bridgehead atoms. The van der Waals surface area contributed by atoms with E-state index in [1.165, 1.54) is 91.5 Å². The molecule has 0 saturated heterocycles. The van der Waals surface area contributed by atoms with Gasteiger partial charge < -0.3 is 4.57 Å². The Kier molecular flexibility index (Phi) is 3.87. The average molecular weight is 524 g/mol. The van der Waals surface area contributed by atoms with Crippen LogP contribution in [0.2, 0.25) is 0 Å². The first kappa shape index (κ1) is 21.0. The molecule has 2 aromatic heterocycles. The number of aromatic nitrogens is 1. The van der Waals surface area contributed by atoms with E-state index in [0.29, 0.717) is 0 Å². The summed E-state index contributed by atoms with van der Waals surface area (Å²) in [5, 5.41) is 10.6. The minimum Gasteiger partial charge on any atom is -0.307 e. The molecule has 9 aromatic rings. The van der Waals surface area contributed by atoms with Crippen molar-refractivity contribution in [3.05, 3.63) is 127 Å².